The fourth-order valence-electron chi connectivity index (χ4n) is 4.45. The average molecular weight is 370 g/mol. The van der Waals surface area contributed by atoms with Crippen molar-refractivity contribution in [2.24, 2.45) is 21.8 Å². The normalized spacial score (nSPS) is 27.8. The van der Waals surface area contributed by atoms with E-state index >= 15 is 0 Å². The van der Waals surface area contributed by atoms with Crippen molar-refractivity contribution >= 4 is 27.9 Å². The molecule has 0 spiro atoms. The lowest BCUT2D eigenvalue weighted by Crippen LogP contribution is -2.32. The lowest BCUT2D eigenvalue weighted by atomic mass is 9.70. The standard InChI is InChI=1S/C19H22N4O2S/c1-18(2)13-7-8-19(18,3)16(10-13)21-22-17-20-15(11-26-17)12-5-4-6-14(9-12)23(24)25/h4-6,9,11,13H,7-8,10H2,1-3H3,(H,20,22)/b21-16-/t13-,19+/m0/s1. The Morgan fingerprint density at radius 3 is 2.85 bits per heavy atom. The van der Waals surface area contributed by atoms with Crippen LogP contribution in [0.2, 0.25) is 0 Å². The first-order chi connectivity index (χ1) is 12.3. The molecule has 2 atom stereocenters. The summed E-state index contributed by atoms with van der Waals surface area (Å²) < 4.78 is 0. The van der Waals surface area contributed by atoms with E-state index in [1.165, 1.54) is 36.0 Å². The Morgan fingerprint density at radius 1 is 1.38 bits per heavy atom. The third-order valence-electron chi connectivity index (χ3n) is 6.66. The predicted octanol–water partition coefficient (Wildman–Crippen LogP) is 5.33. The summed E-state index contributed by atoms with van der Waals surface area (Å²) in [4.78, 5) is 15.1. The van der Waals surface area contributed by atoms with Crippen LogP contribution in [0, 0.1) is 26.9 Å². The predicted molar refractivity (Wildman–Crippen MR) is 104 cm³/mol. The largest absolute Gasteiger partial charge is 0.270 e. The summed E-state index contributed by atoms with van der Waals surface area (Å²) in [7, 11) is 0. The molecule has 0 amide bonds. The molecular weight excluding hydrogens is 348 g/mol. The number of hydrazone groups is 1. The molecule has 1 heterocycles. The van der Waals surface area contributed by atoms with E-state index in [0.717, 1.165) is 17.7 Å². The number of non-ortho nitro benzene ring substituents is 1. The highest BCUT2D eigenvalue weighted by Gasteiger charge is 2.59. The molecule has 0 radical (unpaired) electrons. The first-order valence-corrected chi connectivity index (χ1v) is 9.72. The van der Waals surface area contributed by atoms with Crippen molar-refractivity contribution in [3.05, 3.63) is 39.8 Å². The van der Waals surface area contributed by atoms with E-state index in [9.17, 15) is 10.1 Å². The Kier molecular flexibility index (Phi) is 3.87. The Bertz CT molecular complexity index is 904. The van der Waals surface area contributed by atoms with Crippen LogP contribution in [0.3, 0.4) is 0 Å². The zero-order chi connectivity index (χ0) is 18.5. The van der Waals surface area contributed by atoms with Crippen LogP contribution in [-0.4, -0.2) is 15.6 Å². The quantitative estimate of drug-likeness (QED) is 0.582. The van der Waals surface area contributed by atoms with Crippen molar-refractivity contribution in [2.45, 2.75) is 40.0 Å². The number of aromatic nitrogens is 1. The van der Waals surface area contributed by atoms with Crippen molar-refractivity contribution in [3.8, 4) is 11.3 Å². The Balaban J connectivity index is 1.53. The number of nitrogens with zero attached hydrogens (tertiary/aromatic N) is 3. The fourth-order valence-corrected chi connectivity index (χ4v) is 5.11. The summed E-state index contributed by atoms with van der Waals surface area (Å²) in [5, 5.41) is 18.3. The maximum absolute atomic E-state index is 10.9. The van der Waals surface area contributed by atoms with E-state index < -0.39 is 4.92 Å². The van der Waals surface area contributed by atoms with Crippen LogP contribution in [0.5, 0.6) is 0 Å². The number of thiazole rings is 1. The second-order valence-corrected chi connectivity index (χ2v) is 8.87. The van der Waals surface area contributed by atoms with Crippen LogP contribution in [0.4, 0.5) is 10.8 Å². The zero-order valence-electron chi connectivity index (χ0n) is 15.2. The van der Waals surface area contributed by atoms with Gasteiger partial charge in [-0.1, -0.05) is 32.9 Å². The van der Waals surface area contributed by atoms with E-state index in [4.69, 9.17) is 5.10 Å². The van der Waals surface area contributed by atoms with Crippen LogP contribution in [-0.2, 0) is 0 Å². The molecule has 6 nitrogen and oxygen atoms in total. The van der Waals surface area contributed by atoms with Gasteiger partial charge in [0.15, 0.2) is 0 Å². The van der Waals surface area contributed by atoms with Gasteiger partial charge in [0.05, 0.1) is 10.6 Å². The first kappa shape index (κ1) is 17.1. The molecule has 2 aliphatic rings. The van der Waals surface area contributed by atoms with E-state index in [1.807, 2.05) is 11.4 Å². The highest BCUT2D eigenvalue weighted by atomic mass is 32.1. The topological polar surface area (TPSA) is 80.4 Å². The number of nitro benzene ring substituents is 1. The summed E-state index contributed by atoms with van der Waals surface area (Å²) in [6.45, 7) is 7.05. The molecule has 7 heteroatoms. The van der Waals surface area contributed by atoms with Crippen LogP contribution in [0.25, 0.3) is 11.3 Å². The Hall–Kier alpha value is -2.28. The van der Waals surface area contributed by atoms with Crippen molar-refractivity contribution in [1.82, 2.24) is 4.98 Å². The number of anilines is 1. The minimum atomic E-state index is -0.390. The van der Waals surface area contributed by atoms with Gasteiger partial charge in [-0.25, -0.2) is 4.98 Å². The molecular formula is C19H22N4O2S. The van der Waals surface area contributed by atoms with Crippen LogP contribution in [0.15, 0.2) is 34.7 Å². The van der Waals surface area contributed by atoms with Crippen LogP contribution in [0.1, 0.15) is 40.0 Å². The van der Waals surface area contributed by atoms with Gasteiger partial charge in [0.2, 0.25) is 5.13 Å². The van der Waals surface area contributed by atoms with Crippen LogP contribution >= 0.6 is 11.3 Å². The van der Waals surface area contributed by atoms with Gasteiger partial charge in [0.1, 0.15) is 0 Å². The summed E-state index contributed by atoms with van der Waals surface area (Å²) in [5.74, 6) is 0.713. The Labute approximate surface area is 156 Å². The fraction of sp³-hybridized carbons (Fsp3) is 0.474. The van der Waals surface area contributed by atoms with Gasteiger partial charge in [-0.2, -0.15) is 5.10 Å². The maximum atomic E-state index is 10.9. The smallest absolute Gasteiger partial charge is 0.258 e. The second kappa shape index (κ2) is 5.87. The summed E-state index contributed by atoms with van der Waals surface area (Å²) in [6.07, 6.45) is 3.54. The lowest BCUT2D eigenvalue weighted by Gasteiger charge is -2.34. The molecule has 2 aliphatic carbocycles. The molecule has 4 rings (SSSR count). The van der Waals surface area contributed by atoms with Gasteiger partial charge in [-0.15, -0.1) is 11.3 Å². The highest BCUT2D eigenvalue weighted by Crippen LogP contribution is 2.63. The third kappa shape index (κ3) is 2.53. The number of benzene rings is 1. The van der Waals surface area contributed by atoms with Gasteiger partial charge < -0.3 is 0 Å². The van der Waals surface area contributed by atoms with Gasteiger partial charge in [0.25, 0.3) is 5.69 Å². The molecule has 1 N–H and O–H groups in total. The third-order valence-corrected chi connectivity index (χ3v) is 7.40. The van der Waals surface area contributed by atoms with Gasteiger partial charge in [-0.3, -0.25) is 15.5 Å². The maximum Gasteiger partial charge on any atom is 0.270 e. The van der Waals surface area contributed by atoms with Gasteiger partial charge in [-0.05, 0) is 30.6 Å². The van der Waals surface area contributed by atoms with Crippen molar-refractivity contribution in [2.75, 3.05) is 5.43 Å². The number of hydrogen-bond donors (Lipinski definition) is 1. The molecule has 0 unspecified atom stereocenters. The summed E-state index contributed by atoms with van der Waals surface area (Å²) in [5.41, 5.74) is 6.35. The molecule has 1 aromatic heterocycles. The molecule has 2 bridgehead atoms. The van der Waals surface area contributed by atoms with E-state index in [0.29, 0.717) is 16.5 Å². The van der Waals surface area contributed by atoms with Crippen molar-refractivity contribution < 1.29 is 4.92 Å². The van der Waals surface area contributed by atoms with E-state index in [2.05, 4.69) is 31.2 Å². The monoisotopic (exact) mass is 370 g/mol. The summed E-state index contributed by atoms with van der Waals surface area (Å²) >= 11 is 1.46. The number of fused-ring (bicyclic) bond motifs is 2. The minimum Gasteiger partial charge on any atom is -0.258 e. The molecule has 2 fully saturated rings. The molecule has 0 aliphatic heterocycles. The lowest BCUT2D eigenvalue weighted by molar-refractivity contribution is -0.384. The molecule has 1 aromatic carbocycles. The first-order valence-electron chi connectivity index (χ1n) is 8.85. The van der Waals surface area contributed by atoms with E-state index in [-0.39, 0.29) is 11.1 Å². The van der Waals surface area contributed by atoms with E-state index in [1.54, 1.807) is 12.1 Å². The number of nitrogens with one attached hydrogen (secondary N) is 1. The van der Waals surface area contributed by atoms with Gasteiger partial charge >= 0.3 is 0 Å². The zero-order valence-corrected chi connectivity index (χ0v) is 16.0. The van der Waals surface area contributed by atoms with Crippen molar-refractivity contribution in [1.29, 1.82) is 0 Å². The number of rotatable bonds is 4. The van der Waals surface area contributed by atoms with Crippen molar-refractivity contribution in [3.63, 3.8) is 0 Å². The molecule has 0 saturated heterocycles. The highest BCUT2D eigenvalue weighted by molar-refractivity contribution is 7.14. The second-order valence-electron chi connectivity index (χ2n) is 8.01. The summed E-state index contributed by atoms with van der Waals surface area (Å²) in [6, 6.07) is 6.54. The van der Waals surface area contributed by atoms with Gasteiger partial charge in [0, 0.05) is 34.2 Å². The molecule has 136 valence electrons. The minimum absolute atomic E-state index is 0.0717. The molecule has 26 heavy (non-hydrogen) atoms. The molecule has 2 aromatic rings. The average Bonchev–Trinajstić information content (AvgIpc) is 3.22. The number of hydrogen-bond acceptors (Lipinski definition) is 6. The number of nitro groups is 1. The SMILES string of the molecule is CC1(C)[C@H]2CC[C@]1(C)/C(=N\Nc1nc(-c3cccc([N+](=O)[O-])c3)cs1)C2. The Morgan fingerprint density at radius 2 is 2.19 bits per heavy atom. The molecule has 2 saturated carbocycles. The van der Waals surface area contributed by atoms with Crippen LogP contribution < -0.4 is 5.43 Å².